The van der Waals surface area contributed by atoms with Crippen molar-refractivity contribution in [2.24, 2.45) is 0 Å². The molecule has 6 nitrogen and oxygen atoms in total. The molecule has 0 spiro atoms. The quantitative estimate of drug-likeness (QED) is 0.477. The maximum atomic E-state index is 12.4. The number of carbonyl (C=O) groups excluding carboxylic acids is 1. The molecule has 2 N–H and O–H groups in total. The number of fused-ring (bicyclic) bond motifs is 1. The number of aromatic nitrogens is 1. The number of thiocarbonyl (C=S) groups is 1. The fourth-order valence-electron chi connectivity index (χ4n) is 2.72. The number of pyridine rings is 1. The van der Waals surface area contributed by atoms with Crippen LogP contribution in [0.3, 0.4) is 0 Å². The molecule has 0 fully saturated rings. The molecular formula is C22H17N3O3S. The molecular weight excluding hydrogens is 386 g/mol. The van der Waals surface area contributed by atoms with E-state index >= 15 is 0 Å². The van der Waals surface area contributed by atoms with Crippen molar-refractivity contribution in [3.63, 3.8) is 0 Å². The van der Waals surface area contributed by atoms with Crippen molar-refractivity contribution >= 4 is 40.0 Å². The van der Waals surface area contributed by atoms with Gasteiger partial charge in [0, 0.05) is 23.3 Å². The van der Waals surface area contributed by atoms with Crippen molar-refractivity contribution in [3.05, 3.63) is 90.3 Å². The topological polar surface area (TPSA) is 76.4 Å². The van der Waals surface area contributed by atoms with Crippen LogP contribution in [0.1, 0.15) is 16.1 Å². The van der Waals surface area contributed by atoms with E-state index in [-0.39, 0.29) is 10.9 Å². The molecule has 144 valence electrons. The minimum atomic E-state index is -0.447. The molecule has 4 aromatic rings. The summed E-state index contributed by atoms with van der Waals surface area (Å²) in [7, 11) is 0. The summed E-state index contributed by atoms with van der Waals surface area (Å²) in [5.41, 5.74) is 2.18. The average molecular weight is 403 g/mol. The summed E-state index contributed by atoms with van der Waals surface area (Å²) in [6.45, 7) is 0.464. The van der Waals surface area contributed by atoms with Gasteiger partial charge in [0.05, 0.1) is 0 Å². The van der Waals surface area contributed by atoms with Crippen LogP contribution in [-0.2, 0) is 6.61 Å². The van der Waals surface area contributed by atoms with Crippen LogP contribution in [-0.4, -0.2) is 16.0 Å². The molecule has 1 amide bonds. The molecule has 0 aliphatic heterocycles. The lowest BCUT2D eigenvalue weighted by atomic mass is 10.2. The van der Waals surface area contributed by atoms with E-state index in [4.69, 9.17) is 21.4 Å². The SMILES string of the molecule is O=C(NC(=S)Nc1cccc(OCc2ccccc2)c1)c1cc2cccnc2o1. The van der Waals surface area contributed by atoms with Crippen LogP contribution in [0.5, 0.6) is 5.75 Å². The van der Waals surface area contributed by atoms with Crippen molar-refractivity contribution in [1.29, 1.82) is 0 Å². The Kier molecular flexibility index (Phi) is 5.49. The molecule has 0 radical (unpaired) electrons. The second-order valence-electron chi connectivity index (χ2n) is 6.22. The second kappa shape index (κ2) is 8.53. The highest BCUT2D eigenvalue weighted by molar-refractivity contribution is 7.80. The third kappa shape index (κ3) is 4.77. The zero-order valence-electron chi connectivity index (χ0n) is 15.3. The molecule has 0 bridgehead atoms. The fourth-order valence-corrected chi connectivity index (χ4v) is 2.93. The van der Waals surface area contributed by atoms with E-state index < -0.39 is 5.91 Å². The number of rotatable bonds is 5. The standard InChI is InChI=1S/C22H17N3O3S/c26-20(19-12-16-8-5-11-23-21(16)28-19)25-22(29)24-17-9-4-10-18(13-17)27-14-15-6-2-1-3-7-15/h1-13H,14H2,(H2,24,25,26,29). The Morgan fingerprint density at radius 3 is 2.72 bits per heavy atom. The molecule has 0 aliphatic carbocycles. The van der Waals surface area contributed by atoms with Crippen LogP contribution in [0.15, 0.2) is 83.4 Å². The smallest absolute Gasteiger partial charge is 0.293 e. The Bertz CT molecular complexity index is 1130. The van der Waals surface area contributed by atoms with Gasteiger partial charge in [-0.2, -0.15) is 0 Å². The first-order chi connectivity index (χ1) is 14.2. The number of amides is 1. The summed E-state index contributed by atoms with van der Waals surface area (Å²) in [4.78, 5) is 16.4. The molecule has 4 rings (SSSR count). The zero-order valence-corrected chi connectivity index (χ0v) is 16.1. The number of ether oxygens (including phenoxy) is 1. The van der Waals surface area contributed by atoms with Gasteiger partial charge in [-0.1, -0.05) is 36.4 Å². The summed E-state index contributed by atoms with van der Waals surface area (Å²) in [6, 6.07) is 22.5. The van der Waals surface area contributed by atoms with Crippen molar-refractivity contribution in [3.8, 4) is 5.75 Å². The number of nitrogens with one attached hydrogen (secondary N) is 2. The molecule has 2 aromatic carbocycles. The largest absolute Gasteiger partial charge is 0.489 e. The predicted octanol–water partition coefficient (Wildman–Crippen LogP) is 4.53. The lowest BCUT2D eigenvalue weighted by molar-refractivity contribution is 0.0952. The monoisotopic (exact) mass is 403 g/mol. The van der Waals surface area contributed by atoms with Gasteiger partial charge in [0.15, 0.2) is 10.9 Å². The van der Waals surface area contributed by atoms with Gasteiger partial charge in [-0.25, -0.2) is 4.98 Å². The van der Waals surface area contributed by atoms with Gasteiger partial charge < -0.3 is 14.5 Å². The molecule has 0 saturated heterocycles. The average Bonchev–Trinajstić information content (AvgIpc) is 3.18. The first-order valence-corrected chi connectivity index (χ1v) is 9.32. The van der Waals surface area contributed by atoms with Crippen LogP contribution in [0.25, 0.3) is 11.1 Å². The van der Waals surface area contributed by atoms with Gasteiger partial charge >= 0.3 is 0 Å². The summed E-state index contributed by atoms with van der Waals surface area (Å²) in [6.07, 6.45) is 1.60. The molecule has 0 aliphatic rings. The first kappa shape index (κ1) is 18.6. The number of benzene rings is 2. The van der Waals surface area contributed by atoms with Gasteiger partial charge in [-0.15, -0.1) is 0 Å². The van der Waals surface area contributed by atoms with Crippen LogP contribution in [0, 0.1) is 0 Å². The van der Waals surface area contributed by atoms with E-state index in [1.165, 1.54) is 0 Å². The number of anilines is 1. The number of carbonyl (C=O) groups is 1. The van der Waals surface area contributed by atoms with Gasteiger partial charge in [0.2, 0.25) is 5.71 Å². The van der Waals surface area contributed by atoms with Crippen molar-refractivity contribution in [2.75, 3.05) is 5.32 Å². The van der Waals surface area contributed by atoms with Crippen molar-refractivity contribution in [1.82, 2.24) is 10.3 Å². The van der Waals surface area contributed by atoms with E-state index in [1.54, 1.807) is 18.3 Å². The third-order valence-corrected chi connectivity index (χ3v) is 4.29. The highest BCUT2D eigenvalue weighted by Gasteiger charge is 2.14. The van der Waals surface area contributed by atoms with Crippen molar-refractivity contribution < 1.29 is 13.9 Å². The highest BCUT2D eigenvalue weighted by Crippen LogP contribution is 2.19. The molecule has 0 atom stereocenters. The van der Waals surface area contributed by atoms with Gasteiger partial charge in [-0.3, -0.25) is 10.1 Å². The maximum Gasteiger partial charge on any atom is 0.293 e. The summed E-state index contributed by atoms with van der Waals surface area (Å²) in [5, 5.41) is 6.49. The minimum absolute atomic E-state index is 0.141. The van der Waals surface area contributed by atoms with Crippen LogP contribution in [0.2, 0.25) is 0 Å². The number of nitrogens with zero attached hydrogens (tertiary/aromatic N) is 1. The summed E-state index contributed by atoms with van der Waals surface area (Å²) in [5.74, 6) is 0.385. The Labute approximate surface area is 172 Å². The van der Waals surface area contributed by atoms with E-state index in [1.807, 2.05) is 60.7 Å². The van der Waals surface area contributed by atoms with E-state index in [2.05, 4.69) is 15.6 Å². The maximum absolute atomic E-state index is 12.4. The second-order valence-corrected chi connectivity index (χ2v) is 6.63. The van der Waals surface area contributed by atoms with E-state index in [9.17, 15) is 4.79 Å². The number of hydrogen-bond donors (Lipinski definition) is 2. The Morgan fingerprint density at radius 1 is 1.03 bits per heavy atom. The Morgan fingerprint density at radius 2 is 1.90 bits per heavy atom. The number of hydrogen-bond acceptors (Lipinski definition) is 5. The lowest BCUT2D eigenvalue weighted by Crippen LogP contribution is -2.33. The number of furan rings is 1. The molecule has 0 saturated carbocycles. The van der Waals surface area contributed by atoms with Crippen LogP contribution < -0.4 is 15.4 Å². The zero-order chi connectivity index (χ0) is 20.1. The Hall–Kier alpha value is -3.71. The van der Waals surface area contributed by atoms with Crippen LogP contribution in [0.4, 0.5) is 5.69 Å². The molecule has 7 heteroatoms. The molecule has 0 unspecified atom stereocenters. The minimum Gasteiger partial charge on any atom is -0.489 e. The normalized spacial score (nSPS) is 10.5. The summed E-state index contributed by atoms with van der Waals surface area (Å²) >= 11 is 5.24. The predicted molar refractivity (Wildman–Crippen MR) is 115 cm³/mol. The third-order valence-electron chi connectivity index (χ3n) is 4.08. The van der Waals surface area contributed by atoms with Gasteiger partial charge in [-0.05, 0) is 48.1 Å². The van der Waals surface area contributed by atoms with E-state index in [0.717, 1.165) is 10.9 Å². The molecule has 29 heavy (non-hydrogen) atoms. The Balaban J connectivity index is 1.36. The first-order valence-electron chi connectivity index (χ1n) is 8.91. The summed E-state index contributed by atoms with van der Waals surface area (Å²) < 4.78 is 11.2. The molecule has 2 aromatic heterocycles. The van der Waals surface area contributed by atoms with Gasteiger partial charge in [0.1, 0.15) is 12.4 Å². The van der Waals surface area contributed by atoms with Gasteiger partial charge in [0.25, 0.3) is 5.91 Å². The van der Waals surface area contributed by atoms with Crippen LogP contribution >= 0.6 is 12.2 Å². The molecule has 2 heterocycles. The van der Waals surface area contributed by atoms with E-state index in [0.29, 0.717) is 23.8 Å². The fraction of sp³-hybridized carbons (Fsp3) is 0.0455. The lowest BCUT2D eigenvalue weighted by Gasteiger charge is -2.11. The van der Waals surface area contributed by atoms with Crippen molar-refractivity contribution in [2.45, 2.75) is 6.61 Å². The highest BCUT2D eigenvalue weighted by atomic mass is 32.1.